The maximum Gasteiger partial charge on any atom is 0.345 e. The van der Waals surface area contributed by atoms with Crippen molar-refractivity contribution in [2.75, 3.05) is 0 Å². The number of rotatable bonds is 3. The first-order valence-electron chi connectivity index (χ1n) is 5.87. The van der Waals surface area contributed by atoms with Gasteiger partial charge in [-0.2, -0.15) is 0 Å². The lowest BCUT2D eigenvalue weighted by Gasteiger charge is -2.11. The Morgan fingerprint density at radius 2 is 1.62 bits per heavy atom. The van der Waals surface area contributed by atoms with Crippen LogP contribution in [0.25, 0.3) is 0 Å². The number of benzene rings is 2. The average Bonchev–Trinajstić information content (AvgIpc) is 2.41. The number of Topliss-reactive ketones (excluding diaryl/α,β-unsaturated/α-hetero) is 1. The molecule has 21 heavy (non-hydrogen) atoms. The van der Waals surface area contributed by atoms with Gasteiger partial charge in [0, 0.05) is 5.02 Å². The normalized spacial score (nSPS) is 10.3. The third-order valence-electron chi connectivity index (χ3n) is 2.68. The van der Waals surface area contributed by atoms with Crippen LogP contribution in [0.5, 0.6) is 5.75 Å². The van der Waals surface area contributed by atoms with E-state index in [0.29, 0.717) is 0 Å². The molecule has 0 saturated carbocycles. The number of carbonyl (C=O) groups excluding carboxylic acids is 2. The fourth-order valence-corrected chi connectivity index (χ4v) is 2.44. The predicted molar refractivity (Wildman–Crippen MR) is 82.9 cm³/mol. The molecule has 3 nitrogen and oxygen atoms in total. The van der Waals surface area contributed by atoms with E-state index in [2.05, 4.69) is 0 Å². The molecule has 0 unspecified atom stereocenters. The number of hydrogen-bond acceptors (Lipinski definition) is 3. The molecule has 0 spiro atoms. The minimum absolute atomic E-state index is 0.0292. The molecule has 0 heterocycles. The highest BCUT2D eigenvalue weighted by molar-refractivity contribution is 6.36. The van der Waals surface area contributed by atoms with Crippen molar-refractivity contribution in [3.8, 4) is 5.75 Å². The maximum atomic E-state index is 12.1. The zero-order valence-electron chi connectivity index (χ0n) is 10.8. The highest BCUT2D eigenvalue weighted by atomic mass is 35.5. The molecule has 0 fully saturated rings. The van der Waals surface area contributed by atoms with E-state index in [4.69, 9.17) is 39.5 Å². The first-order valence-corrected chi connectivity index (χ1v) is 7.00. The monoisotopic (exact) mass is 342 g/mol. The summed E-state index contributed by atoms with van der Waals surface area (Å²) in [4.78, 5) is 23.8. The van der Waals surface area contributed by atoms with Gasteiger partial charge in [0.05, 0.1) is 21.2 Å². The van der Waals surface area contributed by atoms with Gasteiger partial charge < -0.3 is 4.74 Å². The van der Waals surface area contributed by atoms with Gasteiger partial charge in [0.2, 0.25) is 0 Å². The van der Waals surface area contributed by atoms with Crippen LogP contribution < -0.4 is 4.74 Å². The number of carbonyl (C=O) groups is 2. The zero-order valence-corrected chi connectivity index (χ0v) is 13.1. The van der Waals surface area contributed by atoms with E-state index in [0.717, 1.165) is 0 Å². The largest absolute Gasteiger partial charge is 0.421 e. The van der Waals surface area contributed by atoms with Gasteiger partial charge >= 0.3 is 5.97 Å². The summed E-state index contributed by atoms with van der Waals surface area (Å²) in [6, 6.07) is 9.21. The summed E-state index contributed by atoms with van der Waals surface area (Å²) >= 11 is 17.8. The van der Waals surface area contributed by atoms with Crippen molar-refractivity contribution in [2.45, 2.75) is 6.92 Å². The average molecular weight is 344 g/mol. The van der Waals surface area contributed by atoms with Gasteiger partial charge in [-0.3, -0.25) is 4.79 Å². The third kappa shape index (κ3) is 3.56. The van der Waals surface area contributed by atoms with Crippen molar-refractivity contribution in [3.05, 3.63) is 62.6 Å². The Bertz CT molecular complexity index is 726. The van der Waals surface area contributed by atoms with Crippen LogP contribution in [0.1, 0.15) is 27.6 Å². The molecule has 2 rings (SSSR count). The molecule has 0 N–H and O–H groups in total. The van der Waals surface area contributed by atoms with Crippen molar-refractivity contribution in [2.24, 2.45) is 0 Å². The second kappa shape index (κ2) is 6.48. The highest BCUT2D eigenvalue weighted by Gasteiger charge is 2.19. The van der Waals surface area contributed by atoms with Gasteiger partial charge in [0.1, 0.15) is 0 Å². The molecule has 2 aromatic rings. The molecule has 0 bridgehead atoms. The molecule has 0 aliphatic rings. The highest BCUT2D eigenvalue weighted by Crippen LogP contribution is 2.33. The Labute approximate surface area is 136 Å². The van der Waals surface area contributed by atoms with Crippen LogP contribution in [-0.2, 0) is 0 Å². The van der Waals surface area contributed by atoms with Crippen LogP contribution in [0.2, 0.25) is 15.1 Å². The van der Waals surface area contributed by atoms with E-state index in [-0.39, 0.29) is 37.7 Å². The van der Waals surface area contributed by atoms with Crippen LogP contribution in [0.3, 0.4) is 0 Å². The van der Waals surface area contributed by atoms with Gasteiger partial charge in [0.15, 0.2) is 11.5 Å². The van der Waals surface area contributed by atoms with E-state index in [1.54, 1.807) is 18.2 Å². The first-order chi connectivity index (χ1) is 9.90. The van der Waals surface area contributed by atoms with Gasteiger partial charge in [-0.15, -0.1) is 0 Å². The standard InChI is InChI=1S/C15H9Cl3O3/c1-8(19)11-6-9(16)7-13(18)14(11)21-15(20)10-4-2-3-5-12(10)17/h2-7H,1H3. The van der Waals surface area contributed by atoms with Crippen molar-refractivity contribution in [3.63, 3.8) is 0 Å². The first kappa shape index (κ1) is 15.8. The molecular weight excluding hydrogens is 335 g/mol. The molecule has 0 radical (unpaired) electrons. The van der Waals surface area contributed by atoms with Gasteiger partial charge in [-0.1, -0.05) is 46.9 Å². The van der Waals surface area contributed by atoms with Crippen LogP contribution in [0, 0.1) is 0 Å². The summed E-state index contributed by atoms with van der Waals surface area (Å²) in [6.07, 6.45) is 0. The number of hydrogen-bond donors (Lipinski definition) is 0. The number of halogens is 3. The lowest BCUT2D eigenvalue weighted by atomic mass is 10.1. The fourth-order valence-electron chi connectivity index (χ4n) is 1.70. The molecule has 0 aliphatic carbocycles. The van der Waals surface area contributed by atoms with Gasteiger partial charge in [0.25, 0.3) is 0 Å². The quantitative estimate of drug-likeness (QED) is 0.444. The van der Waals surface area contributed by atoms with Gasteiger partial charge in [-0.05, 0) is 31.2 Å². The van der Waals surface area contributed by atoms with Crippen LogP contribution in [0.4, 0.5) is 0 Å². The van der Waals surface area contributed by atoms with E-state index < -0.39 is 5.97 Å². The number of ether oxygens (including phenoxy) is 1. The number of ketones is 1. The Balaban J connectivity index is 2.42. The molecule has 108 valence electrons. The van der Waals surface area contributed by atoms with E-state index >= 15 is 0 Å². The predicted octanol–water partition coefficient (Wildman–Crippen LogP) is 5.07. The van der Waals surface area contributed by atoms with Crippen LogP contribution >= 0.6 is 34.8 Å². The minimum Gasteiger partial charge on any atom is -0.421 e. The topological polar surface area (TPSA) is 43.4 Å². The van der Waals surface area contributed by atoms with E-state index in [9.17, 15) is 9.59 Å². The SMILES string of the molecule is CC(=O)c1cc(Cl)cc(Cl)c1OC(=O)c1ccccc1Cl. The summed E-state index contributed by atoms with van der Waals surface area (Å²) < 4.78 is 5.22. The minimum atomic E-state index is -0.702. The molecule has 0 amide bonds. The van der Waals surface area contributed by atoms with Crippen molar-refractivity contribution < 1.29 is 14.3 Å². The van der Waals surface area contributed by atoms with Crippen LogP contribution in [0.15, 0.2) is 36.4 Å². The second-order valence-electron chi connectivity index (χ2n) is 4.19. The second-order valence-corrected chi connectivity index (χ2v) is 5.44. The Hall–Kier alpha value is -1.55. The van der Waals surface area contributed by atoms with Crippen molar-refractivity contribution in [1.29, 1.82) is 0 Å². The molecule has 0 atom stereocenters. The Morgan fingerprint density at radius 1 is 0.952 bits per heavy atom. The smallest absolute Gasteiger partial charge is 0.345 e. The number of esters is 1. The zero-order chi connectivity index (χ0) is 15.6. The molecule has 6 heteroatoms. The fraction of sp³-hybridized carbons (Fsp3) is 0.0667. The molecule has 0 aromatic heterocycles. The van der Waals surface area contributed by atoms with Gasteiger partial charge in [-0.25, -0.2) is 4.79 Å². The van der Waals surface area contributed by atoms with E-state index in [1.165, 1.54) is 25.1 Å². The molecule has 0 aliphatic heterocycles. The third-order valence-corrected chi connectivity index (χ3v) is 3.50. The van der Waals surface area contributed by atoms with Crippen molar-refractivity contribution in [1.82, 2.24) is 0 Å². The Morgan fingerprint density at radius 3 is 2.24 bits per heavy atom. The molecule has 2 aromatic carbocycles. The lowest BCUT2D eigenvalue weighted by Crippen LogP contribution is -2.12. The molecular formula is C15H9Cl3O3. The lowest BCUT2D eigenvalue weighted by molar-refractivity contribution is 0.0733. The van der Waals surface area contributed by atoms with Crippen molar-refractivity contribution >= 4 is 46.6 Å². The van der Waals surface area contributed by atoms with Crippen LogP contribution in [-0.4, -0.2) is 11.8 Å². The summed E-state index contributed by atoms with van der Waals surface area (Å²) in [5, 5.41) is 0.604. The maximum absolute atomic E-state index is 12.1. The molecule has 0 saturated heterocycles. The summed E-state index contributed by atoms with van der Waals surface area (Å²) in [6.45, 7) is 1.33. The van der Waals surface area contributed by atoms with E-state index in [1.807, 2.05) is 0 Å². The Kier molecular flexibility index (Phi) is 4.88. The summed E-state index contributed by atoms with van der Waals surface area (Å²) in [7, 11) is 0. The summed E-state index contributed by atoms with van der Waals surface area (Å²) in [5.74, 6) is -1.05. The summed E-state index contributed by atoms with van der Waals surface area (Å²) in [5.41, 5.74) is 0.313.